The average molecular weight is 334 g/mol. The number of hydrogen-bond donors (Lipinski definition) is 0. The van der Waals surface area contributed by atoms with Crippen LogP contribution in [-0.2, 0) is 17.8 Å². The largest absolute Gasteiger partial charge is 0.312 e. The quantitative estimate of drug-likeness (QED) is 0.852. The molecule has 0 N–H and O–H groups in total. The van der Waals surface area contributed by atoms with E-state index in [4.69, 9.17) is 0 Å². The van der Waals surface area contributed by atoms with Gasteiger partial charge in [0, 0.05) is 24.7 Å². The van der Waals surface area contributed by atoms with Gasteiger partial charge in [0.25, 0.3) is 0 Å². The molecule has 0 aromatic heterocycles. The molecule has 3 nitrogen and oxygen atoms in total. The number of carbonyl (C=O) groups excluding carboxylic acids is 1. The summed E-state index contributed by atoms with van der Waals surface area (Å²) in [5, 5.41) is 0. The van der Waals surface area contributed by atoms with Crippen LogP contribution >= 0.6 is 0 Å². The van der Waals surface area contributed by atoms with E-state index in [0.717, 1.165) is 51.1 Å². The monoisotopic (exact) mass is 334 g/mol. The van der Waals surface area contributed by atoms with Gasteiger partial charge in [0.05, 0.1) is 0 Å². The maximum Gasteiger partial charge on any atom is 0.230 e. The van der Waals surface area contributed by atoms with Crippen LogP contribution in [0.2, 0.25) is 0 Å². The Balaban J connectivity index is 1.35. The zero-order chi connectivity index (χ0) is 17.2. The molecule has 0 aliphatic carbocycles. The van der Waals surface area contributed by atoms with Gasteiger partial charge in [-0.15, -0.1) is 0 Å². The van der Waals surface area contributed by atoms with Crippen molar-refractivity contribution < 1.29 is 4.79 Å². The van der Waals surface area contributed by atoms with E-state index in [2.05, 4.69) is 54.3 Å². The zero-order valence-corrected chi connectivity index (χ0v) is 14.9. The van der Waals surface area contributed by atoms with E-state index in [1.54, 1.807) is 0 Å². The molecule has 130 valence electrons. The predicted octanol–water partition coefficient (Wildman–Crippen LogP) is 3.80. The Morgan fingerprint density at radius 2 is 1.84 bits per heavy atom. The summed E-state index contributed by atoms with van der Waals surface area (Å²) in [6, 6.07) is 17.1. The Morgan fingerprint density at radius 1 is 1.04 bits per heavy atom. The molecule has 1 amide bonds. The Morgan fingerprint density at radius 3 is 2.64 bits per heavy atom. The molecule has 2 heterocycles. The lowest BCUT2D eigenvalue weighted by molar-refractivity contribution is -0.123. The summed E-state index contributed by atoms with van der Waals surface area (Å²) in [5.74, 6) is 0.514. The van der Waals surface area contributed by atoms with E-state index in [1.165, 1.54) is 16.7 Å². The van der Waals surface area contributed by atoms with Gasteiger partial charge in [-0.1, -0.05) is 48.0 Å². The molecule has 3 heteroatoms. The number of para-hydroxylation sites is 1. The second-order valence-corrected chi connectivity index (χ2v) is 7.41. The Bertz CT molecular complexity index is 762. The first-order valence-corrected chi connectivity index (χ1v) is 9.38. The normalized spacial score (nSPS) is 18.4. The van der Waals surface area contributed by atoms with Gasteiger partial charge in [0.1, 0.15) is 0 Å². The Hall–Kier alpha value is -2.13. The van der Waals surface area contributed by atoms with Crippen molar-refractivity contribution in [3.05, 3.63) is 65.2 Å². The third-order valence-corrected chi connectivity index (χ3v) is 5.58. The second kappa shape index (κ2) is 7.01. The van der Waals surface area contributed by atoms with Gasteiger partial charge < -0.3 is 4.90 Å². The van der Waals surface area contributed by atoms with Crippen LogP contribution in [0.25, 0.3) is 0 Å². The topological polar surface area (TPSA) is 23.6 Å². The van der Waals surface area contributed by atoms with Gasteiger partial charge in [0.15, 0.2) is 0 Å². The zero-order valence-electron chi connectivity index (χ0n) is 14.9. The van der Waals surface area contributed by atoms with Crippen molar-refractivity contribution >= 4 is 11.6 Å². The molecular formula is C22H26N2O. The van der Waals surface area contributed by atoms with E-state index in [-0.39, 0.29) is 5.92 Å². The lowest BCUT2D eigenvalue weighted by Gasteiger charge is -2.33. The molecule has 1 fully saturated rings. The molecule has 0 spiro atoms. The number of likely N-dealkylation sites (tertiary alicyclic amines) is 1. The van der Waals surface area contributed by atoms with Crippen molar-refractivity contribution in [3.63, 3.8) is 0 Å². The van der Waals surface area contributed by atoms with Gasteiger partial charge >= 0.3 is 0 Å². The molecule has 0 saturated carbocycles. The maximum absolute atomic E-state index is 13.0. The summed E-state index contributed by atoms with van der Waals surface area (Å²) < 4.78 is 0. The lowest BCUT2D eigenvalue weighted by Crippen LogP contribution is -2.41. The minimum Gasteiger partial charge on any atom is -0.312 e. The molecule has 2 aromatic carbocycles. The highest BCUT2D eigenvalue weighted by molar-refractivity contribution is 5.97. The standard InChI is InChI=1S/C22H26N2O/c1-17-5-4-6-18(15-17)16-23-12-9-20(10-13-23)22(25)24-14-11-19-7-2-3-8-21(19)24/h2-8,15,20H,9-14,16H2,1H3. The van der Waals surface area contributed by atoms with E-state index in [0.29, 0.717) is 5.91 Å². The van der Waals surface area contributed by atoms with Crippen molar-refractivity contribution in [1.82, 2.24) is 4.90 Å². The number of amides is 1. The highest BCUT2D eigenvalue weighted by Crippen LogP contribution is 2.31. The first-order valence-electron chi connectivity index (χ1n) is 9.38. The second-order valence-electron chi connectivity index (χ2n) is 7.41. The smallest absolute Gasteiger partial charge is 0.230 e. The number of aryl methyl sites for hydroxylation is 1. The fourth-order valence-corrected chi connectivity index (χ4v) is 4.19. The molecule has 2 aliphatic heterocycles. The van der Waals surface area contributed by atoms with Gasteiger partial charge in [-0.3, -0.25) is 9.69 Å². The number of anilines is 1. The summed E-state index contributed by atoms with van der Waals surface area (Å²) in [7, 11) is 0. The van der Waals surface area contributed by atoms with Crippen molar-refractivity contribution in [3.8, 4) is 0 Å². The summed E-state index contributed by atoms with van der Waals surface area (Å²) in [5.41, 5.74) is 5.14. The first-order chi connectivity index (χ1) is 12.2. The van der Waals surface area contributed by atoms with Crippen LogP contribution in [0.4, 0.5) is 5.69 Å². The number of benzene rings is 2. The van der Waals surface area contributed by atoms with Gasteiger partial charge in [0.2, 0.25) is 5.91 Å². The Labute approximate surface area is 150 Å². The van der Waals surface area contributed by atoms with E-state index < -0.39 is 0 Å². The van der Waals surface area contributed by atoms with Crippen molar-refractivity contribution in [2.75, 3.05) is 24.5 Å². The number of hydrogen-bond acceptors (Lipinski definition) is 2. The van der Waals surface area contributed by atoms with Crippen LogP contribution in [-0.4, -0.2) is 30.4 Å². The molecule has 0 atom stereocenters. The summed E-state index contributed by atoms with van der Waals surface area (Å²) in [4.78, 5) is 17.5. The fraction of sp³-hybridized carbons (Fsp3) is 0.409. The average Bonchev–Trinajstić information content (AvgIpc) is 3.06. The van der Waals surface area contributed by atoms with Crippen LogP contribution in [0.1, 0.15) is 29.5 Å². The van der Waals surface area contributed by atoms with Crippen LogP contribution in [0.15, 0.2) is 48.5 Å². The lowest BCUT2D eigenvalue weighted by atomic mass is 9.94. The molecular weight excluding hydrogens is 308 g/mol. The van der Waals surface area contributed by atoms with Crippen LogP contribution < -0.4 is 4.90 Å². The minimum absolute atomic E-state index is 0.180. The predicted molar refractivity (Wildman–Crippen MR) is 102 cm³/mol. The number of rotatable bonds is 3. The highest BCUT2D eigenvalue weighted by Gasteiger charge is 2.32. The Kier molecular flexibility index (Phi) is 4.58. The van der Waals surface area contributed by atoms with Gasteiger partial charge in [-0.25, -0.2) is 0 Å². The summed E-state index contributed by atoms with van der Waals surface area (Å²) >= 11 is 0. The molecule has 4 rings (SSSR count). The number of carbonyl (C=O) groups is 1. The number of piperidine rings is 1. The first kappa shape index (κ1) is 16.3. The molecule has 0 bridgehead atoms. The third-order valence-electron chi connectivity index (χ3n) is 5.58. The van der Waals surface area contributed by atoms with E-state index in [9.17, 15) is 4.79 Å². The molecule has 25 heavy (non-hydrogen) atoms. The van der Waals surface area contributed by atoms with E-state index >= 15 is 0 Å². The van der Waals surface area contributed by atoms with Crippen molar-refractivity contribution in [2.24, 2.45) is 5.92 Å². The number of nitrogens with zero attached hydrogens (tertiary/aromatic N) is 2. The fourth-order valence-electron chi connectivity index (χ4n) is 4.19. The molecule has 0 radical (unpaired) electrons. The molecule has 0 unspecified atom stereocenters. The van der Waals surface area contributed by atoms with Crippen LogP contribution in [0.5, 0.6) is 0 Å². The highest BCUT2D eigenvalue weighted by atomic mass is 16.2. The van der Waals surface area contributed by atoms with Crippen molar-refractivity contribution in [1.29, 1.82) is 0 Å². The van der Waals surface area contributed by atoms with E-state index in [1.807, 2.05) is 11.0 Å². The van der Waals surface area contributed by atoms with Gasteiger partial charge in [-0.2, -0.15) is 0 Å². The SMILES string of the molecule is Cc1cccc(CN2CCC(C(=O)N3CCc4ccccc43)CC2)c1. The van der Waals surface area contributed by atoms with Crippen LogP contribution in [0.3, 0.4) is 0 Å². The third kappa shape index (κ3) is 3.47. The van der Waals surface area contributed by atoms with Gasteiger partial charge in [-0.05, 0) is 56.5 Å². The summed E-state index contributed by atoms with van der Waals surface area (Å²) in [6.07, 6.45) is 2.95. The number of fused-ring (bicyclic) bond motifs is 1. The maximum atomic E-state index is 13.0. The minimum atomic E-state index is 0.180. The van der Waals surface area contributed by atoms with Crippen molar-refractivity contribution in [2.45, 2.75) is 32.7 Å². The molecule has 2 aliphatic rings. The van der Waals surface area contributed by atoms with Crippen LogP contribution in [0, 0.1) is 12.8 Å². The molecule has 2 aromatic rings. The molecule has 1 saturated heterocycles. The summed E-state index contributed by atoms with van der Waals surface area (Å²) in [6.45, 7) is 6.01.